The van der Waals surface area contributed by atoms with Crippen LogP contribution in [0.15, 0.2) is 28.0 Å². The smallest absolute Gasteiger partial charge is 0.144 e. The van der Waals surface area contributed by atoms with Gasteiger partial charge in [-0.3, -0.25) is 0 Å². The number of nitrogens with one attached hydrogen (secondary N) is 1. The second kappa shape index (κ2) is 4.85. The summed E-state index contributed by atoms with van der Waals surface area (Å²) in [6.45, 7) is 7.17. The molecule has 0 unspecified atom stereocenters. The largest absolute Gasteiger partial charge is 0.459 e. The highest BCUT2D eigenvalue weighted by atomic mass is 32.1. The van der Waals surface area contributed by atoms with E-state index >= 15 is 0 Å². The molecule has 0 aliphatic rings. The van der Waals surface area contributed by atoms with Gasteiger partial charge < -0.3 is 9.73 Å². The molecule has 0 aromatic carbocycles. The van der Waals surface area contributed by atoms with Gasteiger partial charge in [0.1, 0.15) is 11.5 Å². The van der Waals surface area contributed by atoms with E-state index in [1.807, 2.05) is 6.07 Å². The van der Waals surface area contributed by atoms with Crippen molar-refractivity contribution < 1.29 is 4.42 Å². The van der Waals surface area contributed by atoms with Crippen molar-refractivity contribution in [3.8, 4) is 10.6 Å². The van der Waals surface area contributed by atoms with Crippen molar-refractivity contribution in [1.82, 2.24) is 5.32 Å². The standard InChI is InChI=1S/C13H17NOS/c1-9(2)14-8-11-4-5-12(15-11)13-10(3)6-7-16-13/h4-7,9,14H,8H2,1-3H3. The van der Waals surface area contributed by atoms with Gasteiger partial charge in [0, 0.05) is 6.04 Å². The summed E-state index contributed by atoms with van der Waals surface area (Å²) in [5.74, 6) is 1.98. The minimum absolute atomic E-state index is 0.483. The molecule has 2 rings (SSSR count). The van der Waals surface area contributed by atoms with Crippen LogP contribution in [0.2, 0.25) is 0 Å². The monoisotopic (exact) mass is 235 g/mol. The first kappa shape index (κ1) is 11.4. The van der Waals surface area contributed by atoms with Crippen molar-refractivity contribution in [2.75, 3.05) is 0 Å². The third-order valence-corrected chi connectivity index (χ3v) is 3.46. The highest BCUT2D eigenvalue weighted by Gasteiger charge is 2.08. The molecule has 2 nitrogen and oxygen atoms in total. The lowest BCUT2D eigenvalue weighted by atomic mass is 10.2. The van der Waals surface area contributed by atoms with Crippen LogP contribution < -0.4 is 5.32 Å². The quantitative estimate of drug-likeness (QED) is 0.871. The first-order valence-electron chi connectivity index (χ1n) is 5.53. The predicted molar refractivity (Wildman–Crippen MR) is 68.7 cm³/mol. The van der Waals surface area contributed by atoms with Crippen molar-refractivity contribution in [3.63, 3.8) is 0 Å². The molecule has 2 heterocycles. The zero-order valence-corrected chi connectivity index (χ0v) is 10.7. The molecule has 0 saturated carbocycles. The van der Waals surface area contributed by atoms with Gasteiger partial charge in [-0.15, -0.1) is 11.3 Å². The van der Waals surface area contributed by atoms with Crippen molar-refractivity contribution in [2.24, 2.45) is 0 Å². The number of thiophene rings is 1. The van der Waals surface area contributed by atoms with E-state index < -0.39 is 0 Å². The van der Waals surface area contributed by atoms with Crippen molar-refractivity contribution >= 4 is 11.3 Å². The fourth-order valence-corrected chi connectivity index (χ4v) is 2.41. The van der Waals surface area contributed by atoms with E-state index in [0.29, 0.717) is 6.04 Å². The predicted octanol–water partition coefficient (Wildman–Crippen LogP) is 3.81. The molecule has 0 aliphatic carbocycles. The molecule has 86 valence electrons. The zero-order chi connectivity index (χ0) is 11.5. The Morgan fingerprint density at radius 1 is 1.31 bits per heavy atom. The van der Waals surface area contributed by atoms with Gasteiger partial charge in [0.05, 0.1) is 11.4 Å². The Morgan fingerprint density at radius 2 is 2.12 bits per heavy atom. The maximum Gasteiger partial charge on any atom is 0.144 e. The Labute approximate surface area is 100 Å². The SMILES string of the molecule is Cc1ccsc1-c1ccc(CNC(C)C)o1. The van der Waals surface area contributed by atoms with E-state index in [-0.39, 0.29) is 0 Å². The molecule has 0 radical (unpaired) electrons. The van der Waals surface area contributed by atoms with Gasteiger partial charge >= 0.3 is 0 Å². The molecule has 0 spiro atoms. The van der Waals surface area contributed by atoms with Crippen molar-refractivity contribution in [1.29, 1.82) is 0 Å². The molecule has 16 heavy (non-hydrogen) atoms. The van der Waals surface area contributed by atoms with Crippen LogP contribution in [0.25, 0.3) is 10.6 Å². The summed E-state index contributed by atoms with van der Waals surface area (Å²) in [4.78, 5) is 1.23. The molecule has 0 aliphatic heterocycles. The molecular formula is C13H17NOS. The number of hydrogen-bond donors (Lipinski definition) is 1. The lowest BCUT2D eigenvalue weighted by Crippen LogP contribution is -2.21. The maximum absolute atomic E-state index is 5.81. The van der Waals surface area contributed by atoms with Gasteiger partial charge in [-0.1, -0.05) is 13.8 Å². The lowest BCUT2D eigenvalue weighted by molar-refractivity contribution is 0.474. The molecule has 1 N–H and O–H groups in total. The van der Waals surface area contributed by atoms with E-state index in [1.165, 1.54) is 10.4 Å². The second-order valence-electron chi connectivity index (χ2n) is 4.23. The summed E-state index contributed by atoms with van der Waals surface area (Å²) in [6.07, 6.45) is 0. The molecule has 0 saturated heterocycles. The average Bonchev–Trinajstić information content (AvgIpc) is 2.83. The Morgan fingerprint density at radius 3 is 2.75 bits per heavy atom. The summed E-state index contributed by atoms with van der Waals surface area (Å²) in [5, 5.41) is 5.44. The minimum atomic E-state index is 0.483. The Hall–Kier alpha value is -1.06. The normalized spacial score (nSPS) is 11.2. The van der Waals surface area contributed by atoms with Gasteiger partial charge in [0.2, 0.25) is 0 Å². The molecule has 0 bridgehead atoms. The number of aryl methyl sites for hydroxylation is 1. The number of furan rings is 1. The Balaban J connectivity index is 2.11. The summed E-state index contributed by atoms with van der Waals surface area (Å²) in [7, 11) is 0. The second-order valence-corrected chi connectivity index (χ2v) is 5.15. The fourth-order valence-electron chi connectivity index (χ4n) is 1.52. The van der Waals surface area contributed by atoms with Crippen LogP contribution in [0.1, 0.15) is 25.2 Å². The summed E-state index contributed by atoms with van der Waals surface area (Å²) in [5.41, 5.74) is 1.28. The van der Waals surface area contributed by atoms with Gasteiger partial charge in [0.25, 0.3) is 0 Å². The molecule has 2 aromatic heterocycles. The van der Waals surface area contributed by atoms with Gasteiger partial charge in [-0.2, -0.15) is 0 Å². The van der Waals surface area contributed by atoms with E-state index in [2.05, 4.69) is 43.6 Å². The number of rotatable bonds is 4. The molecule has 0 amide bonds. The van der Waals surface area contributed by atoms with Crippen molar-refractivity contribution in [3.05, 3.63) is 34.9 Å². The number of hydrogen-bond acceptors (Lipinski definition) is 3. The Bertz CT molecular complexity index is 456. The molecule has 3 heteroatoms. The van der Waals surface area contributed by atoms with E-state index in [9.17, 15) is 0 Å². The van der Waals surface area contributed by atoms with Crippen LogP contribution in [0.5, 0.6) is 0 Å². The van der Waals surface area contributed by atoms with Gasteiger partial charge in [-0.25, -0.2) is 0 Å². The minimum Gasteiger partial charge on any atom is -0.459 e. The van der Waals surface area contributed by atoms with E-state index in [1.54, 1.807) is 11.3 Å². The first-order chi connectivity index (χ1) is 7.66. The van der Waals surface area contributed by atoms with Crippen molar-refractivity contribution in [2.45, 2.75) is 33.4 Å². The Kier molecular flexibility index (Phi) is 3.46. The van der Waals surface area contributed by atoms with Gasteiger partial charge in [0.15, 0.2) is 0 Å². The van der Waals surface area contributed by atoms with Crippen LogP contribution in [0.3, 0.4) is 0 Å². The summed E-state index contributed by atoms with van der Waals surface area (Å²) < 4.78 is 5.81. The van der Waals surface area contributed by atoms with Gasteiger partial charge in [-0.05, 0) is 36.1 Å². The summed E-state index contributed by atoms with van der Waals surface area (Å²) in [6, 6.07) is 6.70. The fraction of sp³-hybridized carbons (Fsp3) is 0.385. The average molecular weight is 235 g/mol. The third kappa shape index (κ3) is 2.54. The maximum atomic E-state index is 5.81. The van der Waals surface area contributed by atoms with Crippen LogP contribution in [-0.4, -0.2) is 6.04 Å². The van der Waals surface area contributed by atoms with Crippen LogP contribution >= 0.6 is 11.3 Å². The molecule has 0 atom stereocenters. The highest BCUT2D eigenvalue weighted by Crippen LogP contribution is 2.30. The van der Waals surface area contributed by atoms with E-state index in [4.69, 9.17) is 4.42 Å². The topological polar surface area (TPSA) is 25.2 Å². The highest BCUT2D eigenvalue weighted by molar-refractivity contribution is 7.13. The van der Waals surface area contributed by atoms with Crippen LogP contribution in [0, 0.1) is 6.92 Å². The summed E-state index contributed by atoms with van der Waals surface area (Å²) >= 11 is 1.73. The van der Waals surface area contributed by atoms with Crippen LogP contribution in [0.4, 0.5) is 0 Å². The lowest BCUT2D eigenvalue weighted by Gasteiger charge is -2.04. The zero-order valence-electron chi connectivity index (χ0n) is 9.91. The first-order valence-corrected chi connectivity index (χ1v) is 6.41. The van der Waals surface area contributed by atoms with Crippen LogP contribution in [-0.2, 0) is 6.54 Å². The molecular weight excluding hydrogens is 218 g/mol. The molecule has 2 aromatic rings. The third-order valence-electron chi connectivity index (χ3n) is 2.43. The van der Waals surface area contributed by atoms with E-state index in [0.717, 1.165) is 18.1 Å². The molecule has 0 fully saturated rings.